The predicted octanol–water partition coefficient (Wildman–Crippen LogP) is 3.66. The van der Waals surface area contributed by atoms with Crippen molar-refractivity contribution >= 4 is 29.1 Å². The average molecular weight is 469 g/mol. The largest absolute Gasteiger partial charge is 0.369 e. The van der Waals surface area contributed by atoms with Crippen molar-refractivity contribution in [2.75, 3.05) is 50.7 Å². The van der Waals surface area contributed by atoms with Crippen molar-refractivity contribution in [3.05, 3.63) is 65.2 Å². The third-order valence-electron chi connectivity index (χ3n) is 6.58. The van der Waals surface area contributed by atoms with E-state index < -0.39 is 0 Å². The van der Waals surface area contributed by atoms with Crippen LogP contribution in [0.1, 0.15) is 36.0 Å². The summed E-state index contributed by atoms with van der Waals surface area (Å²) in [6.07, 6.45) is 3.60. The quantitative estimate of drug-likeness (QED) is 0.601. The SMILES string of the molecule is O=C(NCCCCN1CCN(c2cccc(Cl)c2)CC1)[C@@H]1CCCN1C(=O)c1ccccc1. The van der Waals surface area contributed by atoms with Gasteiger partial charge >= 0.3 is 0 Å². The van der Waals surface area contributed by atoms with Gasteiger partial charge in [-0.1, -0.05) is 35.9 Å². The van der Waals surface area contributed by atoms with Gasteiger partial charge in [0.1, 0.15) is 6.04 Å². The number of halogens is 1. The first-order valence-electron chi connectivity index (χ1n) is 12.0. The number of carbonyl (C=O) groups is 2. The molecular formula is C26H33ClN4O2. The fraction of sp³-hybridized carbons (Fsp3) is 0.462. The number of carbonyl (C=O) groups excluding carboxylic acids is 2. The summed E-state index contributed by atoms with van der Waals surface area (Å²) in [5, 5.41) is 3.84. The van der Waals surface area contributed by atoms with Gasteiger partial charge in [-0.15, -0.1) is 0 Å². The molecule has 0 aliphatic carbocycles. The van der Waals surface area contributed by atoms with E-state index in [1.165, 1.54) is 5.69 Å². The van der Waals surface area contributed by atoms with Crippen molar-refractivity contribution in [1.82, 2.24) is 15.1 Å². The second kappa shape index (κ2) is 11.5. The first-order chi connectivity index (χ1) is 16.1. The van der Waals surface area contributed by atoms with E-state index >= 15 is 0 Å². The molecule has 7 heteroatoms. The number of likely N-dealkylation sites (tertiary alicyclic amines) is 1. The molecule has 0 radical (unpaired) electrons. The lowest BCUT2D eigenvalue weighted by Gasteiger charge is -2.36. The van der Waals surface area contributed by atoms with Crippen LogP contribution < -0.4 is 10.2 Å². The van der Waals surface area contributed by atoms with Crippen LogP contribution in [0, 0.1) is 0 Å². The average Bonchev–Trinajstić information content (AvgIpc) is 3.34. The molecule has 33 heavy (non-hydrogen) atoms. The standard InChI is InChI=1S/C26H33ClN4O2/c27-22-10-6-11-23(20-22)30-18-16-29(17-19-30)14-5-4-13-28-25(32)24-12-7-15-31(24)26(33)21-8-2-1-3-9-21/h1-3,6,8-11,20,24H,4-5,7,12-19H2,(H,28,32)/t24-/m0/s1. The van der Waals surface area contributed by atoms with Gasteiger partial charge in [-0.25, -0.2) is 0 Å². The highest BCUT2D eigenvalue weighted by Gasteiger charge is 2.34. The molecule has 0 spiro atoms. The van der Waals surface area contributed by atoms with Gasteiger partial charge in [0.05, 0.1) is 0 Å². The van der Waals surface area contributed by atoms with Crippen LogP contribution in [0.25, 0.3) is 0 Å². The Bertz CT molecular complexity index is 931. The maximum Gasteiger partial charge on any atom is 0.254 e. The highest BCUT2D eigenvalue weighted by atomic mass is 35.5. The number of hydrogen-bond donors (Lipinski definition) is 1. The fourth-order valence-electron chi connectivity index (χ4n) is 4.72. The van der Waals surface area contributed by atoms with Gasteiger partial charge in [0, 0.05) is 55.5 Å². The van der Waals surface area contributed by atoms with E-state index in [4.69, 9.17) is 11.6 Å². The third-order valence-corrected chi connectivity index (χ3v) is 6.82. The van der Waals surface area contributed by atoms with E-state index in [-0.39, 0.29) is 17.9 Å². The molecule has 2 heterocycles. The van der Waals surface area contributed by atoms with Gasteiger partial charge in [0.25, 0.3) is 5.91 Å². The normalized spacial score (nSPS) is 19.0. The highest BCUT2D eigenvalue weighted by Crippen LogP contribution is 2.22. The highest BCUT2D eigenvalue weighted by molar-refractivity contribution is 6.30. The van der Waals surface area contributed by atoms with Crippen LogP contribution in [0.5, 0.6) is 0 Å². The first-order valence-corrected chi connectivity index (χ1v) is 12.4. The lowest BCUT2D eigenvalue weighted by molar-refractivity contribution is -0.124. The molecule has 2 aromatic rings. The number of hydrogen-bond acceptors (Lipinski definition) is 4. The fourth-order valence-corrected chi connectivity index (χ4v) is 4.91. The number of amides is 2. The van der Waals surface area contributed by atoms with E-state index in [2.05, 4.69) is 21.2 Å². The summed E-state index contributed by atoms with van der Waals surface area (Å²) in [6.45, 7) is 6.43. The van der Waals surface area contributed by atoms with E-state index in [1.807, 2.05) is 48.5 Å². The van der Waals surface area contributed by atoms with Crippen LogP contribution in [-0.2, 0) is 4.79 Å². The summed E-state index contributed by atoms with van der Waals surface area (Å²) in [4.78, 5) is 32.1. The Kier molecular flexibility index (Phi) is 8.24. The number of unbranched alkanes of at least 4 members (excludes halogenated alkanes) is 1. The summed E-state index contributed by atoms with van der Waals surface area (Å²) in [6, 6.07) is 16.9. The van der Waals surface area contributed by atoms with E-state index in [1.54, 1.807) is 4.90 Å². The van der Waals surface area contributed by atoms with E-state index in [0.29, 0.717) is 18.7 Å². The zero-order chi connectivity index (χ0) is 23.0. The van der Waals surface area contributed by atoms with Crippen LogP contribution in [0.2, 0.25) is 5.02 Å². The maximum atomic E-state index is 12.8. The maximum absolute atomic E-state index is 12.8. The molecule has 2 aliphatic heterocycles. The summed E-state index contributed by atoms with van der Waals surface area (Å²) in [7, 11) is 0. The number of rotatable bonds is 8. The molecule has 0 saturated carbocycles. The Morgan fingerprint density at radius 1 is 0.939 bits per heavy atom. The van der Waals surface area contributed by atoms with Crippen molar-refractivity contribution in [2.24, 2.45) is 0 Å². The Labute approximate surface area is 201 Å². The van der Waals surface area contributed by atoms with Gasteiger partial charge in [0.15, 0.2) is 0 Å². The van der Waals surface area contributed by atoms with Crippen molar-refractivity contribution in [1.29, 1.82) is 0 Å². The Hall–Kier alpha value is -2.57. The number of benzene rings is 2. The molecule has 2 aromatic carbocycles. The summed E-state index contributed by atoms with van der Waals surface area (Å²) in [5.74, 6) is -0.0721. The van der Waals surface area contributed by atoms with Crippen LogP contribution in [0.4, 0.5) is 5.69 Å². The number of piperazine rings is 1. The number of anilines is 1. The number of nitrogens with zero attached hydrogens (tertiary/aromatic N) is 3. The molecule has 1 N–H and O–H groups in total. The van der Waals surface area contributed by atoms with Crippen LogP contribution in [-0.4, -0.2) is 73.5 Å². The smallest absolute Gasteiger partial charge is 0.254 e. The second-order valence-corrected chi connectivity index (χ2v) is 9.27. The van der Waals surface area contributed by atoms with E-state index in [9.17, 15) is 9.59 Å². The lowest BCUT2D eigenvalue weighted by atomic mass is 10.1. The third kappa shape index (κ3) is 6.27. The summed E-state index contributed by atoms with van der Waals surface area (Å²) < 4.78 is 0. The molecule has 0 bridgehead atoms. The van der Waals surface area contributed by atoms with Crippen molar-refractivity contribution in [3.8, 4) is 0 Å². The summed E-state index contributed by atoms with van der Waals surface area (Å²) in [5.41, 5.74) is 1.84. The van der Waals surface area contributed by atoms with Crippen LogP contribution >= 0.6 is 11.6 Å². The molecule has 0 aromatic heterocycles. The van der Waals surface area contributed by atoms with Gasteiger partial charge in [-0.3, -0.25) is 14.5 Å². The van der Waals surface area contributed by atoms with Gasteiger partial charge in [0.2, 0.25) is 5.91 Å². The molecule has 2 fully saturated rings. The molecular weight excluding hydrogens is 436 g/mol. The Morgan fingerprint density at radius 3 is 2.48 bits per heavy atom. The van der Waals surface area contributed by atoms with Gasteiger partial charge in [-0.2, -0.15) is 0 Å². The predicted molar refractivity (Wildman–Crippen MR) is 133 cm³/mol. The summed E-state index contributed by atoms with van der Waals surface area (Å²) >= 11 is 6.12. The topological polar surface area (TPSA) is 55.9 Å². The minimum absolute atomic E-state index is 0.0214. The minimum Gasteiger partial charge on any atom is -0.369 e. The van der Waals surface area contributed by atoms with Crippen LogP contribution in [0.15, 0.2) is 54.6 Å². The monoisotopic (exact) mass is 468 g/mol. The van der Waals surface area contributed by atoms with Gasteiger partial charge in [-0.05, 0) is 62.6 Å². The molecule has 2 saturated heterocycles. The molecule has 4 rings (SSSR count). The zero-order valence-electron chi connectivity index (χ0n) is 19.1. The molecule has 6 nitrogen and oxygen atoms in total. The Balaban J connectivity index is 1.13. The van der Waals surface area contributed by atoms with Gasteiger partial charge < -0.3 is 15.1 Å². The molecule has 176 valence electrons. The first kappa shape index (κ1) is 23.6. The minimum atomic E-state index is -0.350. The molecule has 2 aliphatic rings. The number of nitrogens with one attached hydrogen (secondary N) is 1. The van der Waals surface area contributed by atoms with Crippen molar-refractivity contribution in [2.45, 2.75) is 31.7 Å². The Morgan fingerprint density at radius 2 is 1.73 bits per heavy atom. The zero-order valence-corrected chi connectivity index (χ0v) is 19.8. The molecule has 2 amide bonds. The molecule has 1 atom stereocenters. The van der Waals surface area contributed by atoms with Crippen molar-refractivity contribution < 1.29 is 9.59 Å². The second-order valence-electron chi connectivity index (χ2n) is 8.83. The van der Waals surface area contributed by atoms with Crippen molar-refractivity contribution in [3.63, 3.8) is 0 Å². The lowest BCUT2D eigenvalue weighted by Crippen LogP contribution is -2.47. The van der Waals surface area contributed by atoms with Crippen LogP contribution in [0.3, 0.4) is 0 Å². The molecule has 0 unspecified atom stereocenters. The van der Waals surface area contributed by atoms with E-state index in [0.717, 1.165) is 63.4 Å².